The number of amides is 1. The standard InChI is InChI=1S/C18H30FN2O6P/c1-3-4-5-6-7-8-11-26-16-10-9-14(12-15(16)19)21-17(22)18(2,20)13-27-28(23,24)25/h9-10,12H,3-8,11,13,20H2,1-2H3,(H,21,22)(H2,23,24,25). The van der Waals surface area contributed by atoms with Crippen molar-refractivity contribution in [1.29, 1.82) is 0 Å². The topological polar surface area (TPSA) is 131 Å². The van der Waals surface area contributed by atoms with Crippen molar-refractivity contribution in [2.24, 2.45) is 5.73 Å². The van der Waals surface area contributed by atoms with Crippen LogP contribution in [-0.2, 0) is 13.9 Å². The quantitative estimate of drug-likeness (QED) is 0.284. The average molecular weight is 420 g/mol. The predicted molar refractivity (Wildman–Crippen MR) is 104 cm³/mol. The maximum atomic E-state index is 14.1. The Bertz CT molecular complexity index is 680. The first-order valence-corrected chi connectivity index (χ1v) is 10.8. The van der Waals surface area contributed by atoms with Crippen LogP contribution in [0.4, 0.5) is 10.1 Å². The predicted octanol–water partition coefficient (Wildman–Crippen LogP) is 3.33. The van der Waals surface area contributed by atoms with Gasteiger partial charge in [0.1, 0.15) is 5.54 Å². The minimum absolute atomic E-state index is 0.0897. The number of ether oxygens (including phenoxy) is 1. The molecule has 1 unspecified atom stereocenters. The molecule has 0 aromatic heterocycles. The monoisotopic (exact) mass is 420 g/mol. The number of carbonyl (C=O) groups excluding carboxylic acids is 1. The third-order valence-corrected chi connectivity index (χ3v) is 4.46. The molecule has 0 radical (unpaired) electrons. The Morgan fingerprint density at radius 2 is 1.89 bits per heavy atom. The summed E-state index contributed by atoms with van der Waals surface area (Å²) in [6.45, 7) is 3.11. The Morgan fingerprint density at radius 1 is 1.25 bits per heavy atom. The van der Waals surface area contributed by atoms with Gasteiger partial charge in [-0.25, -0.2) is 8.96 Å². The van der Waals surface area contributed by atoms with Gasteiger partial charge in [-0.1, -0.05) is 39.0 Å². The van der Waals surface area contributed by atoms with Gasteiger partial charge in [0.05, 0.1) is 13.2 Å². The summed E-state index contributed by atoms with van der Waals surface area (Å²) in [5, 5.41) is 2.39. The summed E-state index contributed by atoms with van der Waals surface area (Å²) in [6, 6.07) is 3.95. The second kappa shape index (κ2) is 11.5. The molecule has 1 aromatic rings. The highest BCUT2D eigenvalue weighted by molar-refractivity contribution is 7.46. The van der Waals surface area contributed by atoms with E-state index in [0.29, 0.717) is 6.61 Å². The van der Waals surface area contributed by atoms with Crippen molar-refractivity contribution in [3.05, 3.63) is 24.0 Å². The molecule has 0 aliphatic rings. The zero-order chi connectivity index (χ0) is 21.2. The van der Waals surface area contributed by atoms with Crippen LogP contribution in [0.3, 0.4) is 0 Å². The maximum absolute atomic E-state index is 14.1. The molecule has 8 nitrogen and oxygen atoms in total. The average Bonchev–Trinajstić information content (AvgIpc) is 2.60. The number of hydrogen-bond acceptors (Lipinski definition) is 5. The SMILES string of the molecule is CCCCCCCCOc1ccc(NC(=O)C(C)(N)COP(=O)(O)O)cc1F. The van der Waals surface area contributed by atoms with Gasteiger partial charge in [-0.2, -0.15) is 0 Å². The molecule has 0 aliphatic heterocycles. The van der Waals surface area contributed by atoms with Crippen LogP contribution in [0, 0.1) is 5.82 Å². The van der Waals surface area contributed by atoms with Crippen molar-refractivity contribution in [3.63, 3.8) is 0 Å². The normalized spacial score (nSPS) is 13.8. The van der Waals surface area contributed by atoms with E-state index >= 15 is 0 Å². The molecule has 10 heteroatoms. The van der Waals surface area contributed by atoms with Crippen LogP contribution in [0.1, 0.15) is 52.4 Å². The fraction of sp³-hybridized carbons (Fsp3) is 0.611. The number of nitrogens with two attached hydrogens (primary N) is 1. The van der Waals surface area contributed by atoms with Crippen LogP contribution in [0.2, 0.25) is 0 Å². The number of phosphoric ester groups is 1. The molecule has 0 spiro atoms. The minimum atomic E-state index is -4.76. The molecular weight excluding hydrogens is 390 g/mol. The van der Waals surface area contributed by atoms with Gasteiger partial charge in [-0.05, 0) is 25.5 Å². The van der Waals surface area contributed by atoms with Crippen molar-refractivity contribution >= 4 is 19.4 Å². The van der Waals surface area contributed by atoms with Crippen molar-refractivity contribution in [1.82, 2.24) is 0 Å². The fourth-order valence-electron chi connectivity index (χ4n) is 2.32. The van der Waals surface area contributed by atoms with Gasteiger partial charge in [-0.3, -0.25) is 9.32 Å². The second-order valence-corrected chi connectivity index (χ2v) is 8.14. The third-order valence-electron chi connectivity index (χ3n) is 4.00. The van der Waals surface area contributed by atoms with Gasteiger partial charge >= 0.3 is 7.82 Å². The van der Waals surface area contributed by atoms with E-state index < -0.39 is 31.7 Å². The first kappa shape index (κ1) is 24.5. The number of carbonyl (C=O) groups is 1. The molecule has 0 saturated carbocycles. The molecule has 1 atom stereocenters. The van der Waals surface area contributed by atoms with E-state index in [1.807, 2.05) is 0 Å². The van der Waals surface area contributed by atoms with E-state index in [1.54, 1.807) is 0 Å². The van der Waals surface area contributed by atoms with E-state index in [4.69, 9.17) is 20.3 Å². The molecule has 5 N–H and O–H groups in total. The van der Waals surface area contributed by atoms with E-state index in [0.717, 1.165) is 25.3 Å². The number of nitrogens with one attached hydrogen (secondary N) is 1. The number of hydrogen-bond donors (Lipinski definition) is 4. The van der Waals surface area contributed by atoms with Gasteiger partial charge in [0.25, 0.3) is 0 Å². The smallest absolute Gasteiger partial charge is 0.469 e. The Kier molecular flexibility index (Phi) is 10.1. The van der Waals surface area contributed by atoms with E-state index in [-0.39, 0.29) is 11.4 Å². The maximum Gasteiger partial charge on any atom is 0.469 e. The molecule has 0 heterocycles. The van der Waals surface area contributed by atoms with Gasteiger partial charge in [0.2, 0.25) is 5.91 Å². The van der Waals surface area contributed by atoms with Crippen LogP contribution in [0.15, 0.2) is 18.2 Å². The van der Waals surface area contributed by atoms with Crippen LogP contribution in [0.5, 0.6) is 5.75 Å². The summed E-state index contributed by atoms with van der Waals surface area (Å²) in [5.74, 6) is -1.32. The summed E-state index contributed by atoms with van der Waals surface area (Å²) in [6.07, 6.45) is 6.60. The van der Waals surface area contributed by atoms with Gasteiger partial charge in [0, 0.05) is 11.8 Å². The van der Waals surface area contributed by atoms with Gasteiger partial charge in [-0.15, -0.1) is 0 Å². The Morgan fingerprint density at radius 3 is 2.50 bits per heavy atom. The van der Waals surface area contributed by atoms with Crippen LogP contribution in [-0.4, -0.2) is 34.4 Å². The second-order valence-electron chi connectivity index (χ2n) is 6.90. The van der Waals surface area contributed by atoms with Crippen molar-refractivity contribution in [2.45, 2.75) is 57.9 Å². The molecule has 160 valence electrons. The lowest BCUT2D eigenvalue weighted by Gasteiger charge is -2.23. The summed E-state index contributed by atoms with van der Waals surface area (Å²) < 4.78 is 34.6. The van der Waals surface area contributed by atoms with E-state index in [2.05, 4.69) is 16.8 Å². The van der Waals surface area contributed by atoms with Gasteiger partial charge < -0.3 is 25.6 Å². The number of benzene rings is 1. The summed E-state index contributed by atoms with van der Waals surface area (Å²) in [5.41, 5.74) is 4.13. The van der Waals surface area contributed by atoms with Crippen LogP contribution in [0.25, 0.3) is 0 Å². The highest BCUT2D eigenvalue weighted by Crippen LogP contribution is 2.36. The van der Waals surface area contributed by atoms with E-state index in [9.17, 15) is 13.8 Å². The Hall–Kier alpha value is -1.51. The number of rotatable bonds is 13. The molecule has 0 bridgehead atoms. The molecular formula is C18H30FN2O6P. The third kappa shape index (κ3) is 9.61. The first-order chi connectivity index (χ1) is 13.0. The number of halogens is 1. The lowest BCUT2D eigenvalue weighted by molar-refractivity contribution is -0.121. The van der Waals surface area contributed by atoms with Gasteiger partial charge in [0.15, 0.2) is 11.6 Å². The number of phosphoric acid groups is 1. The fourth-order valence-corrected chi connectivity index (χ4v) is 2.75. The van der Waals surface area contributed by atoms with Crippen molar-refractivity contribution < 1.29 is 32.8 Å². The number of anilines is 1. The molecule has 0 fully saturated rings. The molecule has 1 amide bonds. The Balaban J connectivity index is 2.50. The minimum Gasteiger partial charge on any atom is -0.491 e. The summed E-state index contributed by atoms with van der Waals surface area (Å²) in [4.78, 5) is 29.5. The highest BCUT2D eigenvalue weighted by Gasteiger charge is 2.32. The zero-order valence-corrected chi connectivity index (χ0v) is 17.2. The Labute approximate surface area is 164 Å². The van der Waals surface area contributed by atoms with E-state index in [1.165, 1.54) is 38.3 Å². The molecule has 28 heavy (non-hydrogen) atoms. The van der Waals surface area contributed by atoms with Crippen molar-refractivity contribution in [3.8, 4) is 5.75 Å². The molecule has 0 aliphatic carbocycles. The number of unbranched alkanes of at least 4 members (excludes halogenated alkanes) is 5. The lowest BCUT2D eigenvalue weighted by Crippen LogP contribution is -2.52. The van der Waals surface area contributed by atoms with Crippen molar-refractivity contribution in [2.75, 3.05) is 18.5 Å². The summed E-state index contributed by atoms with van der Waals surface area (Å²) in [7, 11) is -4.76. The lowest BCUT2D eigenvalue weighted by atomic mass is 10.0. The highest BCUT2D eigenvalue weighted by atomic mass is 31.2. The van der Waals surface area contributed by atoms with Crippen LogP contribution < -0.4 is 15.8 Å². The zero-order valence-electron chi connectivity index (χ0n) is 16.3. The molecule has 0 saturated heterocycles. The first-order valence-electron chi connectivity index (χ1n) is 9.28. The van der Waals surface area contributed by atoms with Crippen LogP contribution >= 0.6 is 7.82 Å². The molecule has 1 rings (SSSR count). The largest absolute Gasteiger partial charge is 0.491 e. The summed E-state index contributed by atoms with van der Waals surface area (Å²) >= 11 is 0. The molecule has 1 aromatic carbocycles.